The molecular weight excluding hydrogens is 1520 g/mol. The molecule has 0 saturated carbocycles. The molecule has 0 bridgehead atoms. The molecular formula is C70H115BFN5O34P. The molecule has 10 unspecified atom stereocenters. The van der Waals surface area contributed by atoms with Crippen LogP contribution in [0.5, 0.6) is 0 Å². The van der Waals surface area contributed by atoms with Gasteiger partial charge >= 0.3 is 13.9 Å². The van der Waals surface area contributed by atoms with Gasteiger partial charge in [-0.25, -0.2) is 13.9 Å². The van der Waals surface area contributed by atoms with E-state index in [9.17, 15) is 99.2 Å². The van der Waals surface area contributed by atoms with Crippen molar-refractivity contribution in [1.82, 2.24) is 16.0 Å². The molecule has 5 fully saturated rings. The standard InChI is InChI=1S/C69H108N5O34P.CH4.B.FH.H2/c1-32(2)15-14-17-33(3)18-19-35(5)22-25-67(9,10)24-13-12-16-34(4)23-26-95-44(97-31-76)30-98-109(93,94)108-69(27-43(102-66(71)91)68(11,92)59(106-69)60(70)89)107-63-47(73-38(8)78)50(83)57(42(101-63)29-96-64-54(87)51(84)48(81)41(28-75)100-64)104-62-46(72-37(7)77)49(82)56(36(6)99-62)103-65-55(88)52(85)53(86)58(105-65)61(90)74-45-39(79)20-21-40(45)80;;;;/h13,15,18,23-24,31,36,41-44,46-59,62-65,75,79,81-88,92H,5,12,14,16-17,19-22,25-30H2,1-4,6-11H3,(H2,70,89)(H2,71,91)(H,72,77)(H,73,78)(H,74,90)(H,93,94);1H4;;2*1H/b24-13+,33-18+,34-23-;;;;/t36?,41?,42?,43-,44+,46?,47?,48-,49-,50-,51+,52+,53-,54?,55?,56-,57-,58?,59?,62+,63+,64-,65-,68+,69+;;;;/m1..../s1/i;;;;1+1. The number of halogens is 1. The van der Waals surface area contributed by atoms with Crippen LogP contribution in [0.3, 0.4) is 0 Å². The number of hydrogen-bond acceptors (Lipinski definition) is 33. The van der Waals surface area contributed by atoms with Crippen LogP contribution in [0.1, 0.15) is 142 Å². The number of amides is 5. The first-order valence-corrected chi connectivity index (χ1v) is 36.8. The predicted molar refractivity (Wildman–Crippen MR) is 388 cm³/mol. The molecule has 3 radical (unpaired) electrons. The molecule has 1 aliphatic carbocycles. The summed E-state index contributed by atoms with van der Waals surface area (Å²) < 4.78 is 94.9. The minimum Gasteiger partial charge on any atom is -0.510 e. The first kappa shape index (κ1) is 100. The lowest BCUT2D eigenvalue weighted by Gasteiger charge is -2.52. The van der Waals surface area contributed by atoms with Gasteiger partial charge in [0.05, 0.1) is 32.3 Å². The third-order valence-corrected chi connectivity index (χ3v) is 19.8. The zero-order valence-electron chi connectivity index (χ0n) is 63.3. The van der Waals surface area contributed by atoms with E-state index in [2.05, 4.69) is 81.5 Å². The Labute approximate surface area is 650 Å². The smallest absolute Gasteiger partial charge is 0.476 e. The summed E-state index contributed by atoms with van der Waals surface area (Å²) >= 11 is 0. The van der Waals surface area contributed by atoms with Crippen LogP contribution in [0.25, 0.3) is 0 Å². The van der Waals surface area contributed by atoms with E-state index in [0.29, 0.717) is 12.8 Å². The molecule has 0 aromatic rings. The highest BCUT2D eigenvalue weighted by Crippen LogP contribution is 2.53. The van der Waals surface area contributed by atoms with Crippen LogP contribution >= 0.6 is 7.82 Å². The third kappa shape index (κ3) is 27.8. The molecule has 6 aliphatic rings. The lowest BCUT2D eigenvalue weighted by atomic mass is 9.85. The summed E-state index contributed by atoms with van der Waals surface area (Å²) in [4.78, 5) is 102. The SMILES string of the molecule is C.C=C(C/C=C(\C)CCC=C(C)C)CCC(C)(C)/C=C/CC/C(C)=C\CO[C@H](COP(=O)(O)O[C@@]1(O[C@@H]2OC(CO[C@@H]3OC(CO)[C@@H](O)[C@H](O)C3O)[C@@H](O[C@@H]3OC(C)[C@@H](O[C@@H]4OC(C(=O)NC5=C(O)CCC5=O)[C@H](O)[C@H](O)C4O)[C@H](O)C3NC(C)=O)[C@H](O)C2NC(C)=O)C[C@@H](OC(N)=O)[C@](C)(O)C(C(N)=O)O1)OC=O.F.[2HH].[B]. The van der Waals surface area contributed by atoms with Crippen molar-refractivity contribution in [2.24, 2.45) is 16.9 Å². The summed E-state index contributed by atoms with van der Waals surface area (Å²) in [6, 6.07) is -4.08. The zero-order valence-corrected chi connectivity index (χ0v) is 64.2. The number of carbonyl (C=O) groups excluding carboxylic acids is 7. The Hall–Kier alpha value is -6.17. The van der Waals surface area contributed by atoms with E-state index in [1.807, 2.05) is 6.92 Å². The van der Waals surface area contributed by atoms with Crippen LogP contribution in [0, 0.1) is 5.41 Å². The third-order valence-electron chi connectivity index (χ3n) is 18.8. The number of carbonyl (C=O) groups is 7. The number of aliphatic hydroxyl groups excluding tert-OH is 10. The van der Waals surface area contributed by atoms with E-state index >= 15 is 0 Å². The van der Waals surface area contributed by atoms with E-state index < -0.39 is 234 Å². The van der Waals surface area contributed by atoms with Gasteiger partial charge in [-0.05, 0) is 91.9 Å². The van der Waals surface area contributed by atoms with Gasteiger partial charge in [-0.3, -0.25) is 42.7 Å². The maximum Gasteiger partial charge on any atom is 0.476 e. The lowest BCUT2D eigenvalue weighted by Crippen LogP contribution is -2.72. The Kier molecular flexibility index (Phi) is 39.5. The molecule has 39 nitrogen and oxygen atoms in total. The van der Waals surface area contributed by atoms with Gasteiger partial charge in [-0.2, -0.15) is 0 Å². The topological polar surface area (TPSA) is 597 Å². The minimum atomic E-state index is -5.98. The number of rotatable bonds is 38. The van der Waals surface area contributed by atoms with Gasteiger partial charge in [0.2, 0.25) is 24.0 Å². The average molecular weight is 1630 g/mol. The zero-order chi connectivity index (χ0) is 81.4. The highest BCUT2D eigenvalue weighted by molar-refractivity contribution is 7.47. The Morgan fingerprint density at radius 2 is 1.37 bits per heavy atom. The quantitative estimate of drug-likeness (QED) is 0.0116. The lowest BCUT2D eigenvalue weighted by molar-refractivity contribution is -0.454. The van der Waals surface area contributed by atoms with Crippen LogP contribution in [-0.2, 0) is 99.2 Å². The van der Waals surface area contributed by atoms with Gasteiger partial charge in [0.25, 0.3) is 18.4 Å². The molecule has 0 aromatic carbocycles. The maximum atomic E-state index is 14.5. The second kappa shape index (κ2) is 44.2. The fourth-order valence-electron chi connectivity index (χ4n) is 12.6. The molecule has 5 saturated heterocycles. The number of nitrogens with one attached hydrogen (secondary N) is 3. The summed E-state index contributed by atoms with van der Waals surface area (Å²) in [6.45, 7) is 17.0. The number of phosphoric acid groups is 1. The molecule has 6 rings (SSSR count). The average Bonchev–Trinajstić information content (AvgIpc) is 1.28. The normalized spacial score (nSPS) is 34.6. The Morgan fingerprint density at radius 1 is 0.777 bits per heavy atom. The maximum absolute atomic E-state index is 14.5. The first-order valence-electron chi connectivity index (χ1n) is 35.4. The number of phosphoric ester groups is 1. The van der Waals surface area contributed by atoms with Crippen molar-refractivity contribution in [1.29, 1.82) is 0 Å². The van der Waals surface area contributed by atoms with Crippen LogP contribution in [0.2, 0.25) is 0 Å². The molecule has 19 N–H and O–H groups in total. The number of nitrogens with two attached hydrogens (primary N) is 2. The fourth-order valence-corrected chi connectivity index (χ4v) is 13.4. The van der Waals surface area contributed by atoms with Gasteiger partial charge < -0.3 is 141 Å². The van der Waals surface area contributed by atoms with E-state index in [-0.39, 0.29) is 53.3 Å². The summed E-state index contributed by atoms with van der Waals surface area (Å²) in [5.74, 6) is -9.60. The van der Waals surface area contributed by atoms with E-state index in [4.69, 9.17) is 77.4 Å². The van der Waals surface area contributed by atoms with Crippen LogP contribution in [0.4, 0.5) is 9.50 Å². The van der Waals surface area contributed by atoms with Gasteiger partial charge in [-0.15, -0.1) is 0 Å². The van der Waals surface area contributed by atoms with Crippen molar-refractivity contribution in [2.45, 2.75) is 294 Å². The van der Waals surface area contributed by atoms with Crippen molar-refractivity contribution in [3.63, 3.8) is 0 Å². The van der Waals surface area contributed by atoms with Crippen molar-refractivity contribution in [3.8, 4) is 0 Å². The van der Waals surface area contributed by atoms with Gasteiger partial charge in [0.15, 0.2) is 43.2 Å². The summed E-state index contributed by atoms with van der Waals surface area (Å²) in [7, 11) is -5.98. The summed E-state index contributed by atoms with van der Waals surface area (Å²) in [6.07, 6.45) is -31.3. The van der Waals surface area contributed by atoms with Crippen LogP contribution < -0.4 is 27.4 Å². The Morgan fingerprint density at radius 3 is 1.96 bits per heavy atom. The molecule has 42 heteroatoms. The summed E-state index contributed by atoms with van der Waals surface area (Å²) in [5.41, 5.74) is 12.3. The van der Waals surface area contributed by atoms with Gasteiger partial charge in [0, 0.05) is 36.5 Å². The van der Waals surface area contributed by atoms with Gasteiger partial charge in [0.1, 0.15) is 115 Å². The van der Waals surface area contributed by atoms with E-state index in [0.717, 1.165) is 64.0 Å². The highest BCUT2D eigenvalue weighted by Gasteiger charge is 2.64. The number of ketones is 1. The number of aliphatic hydroxyl groups is 11. The first-order chi connectivity index (χ1) is 50.9. The molecule has 5 heterocycles. The molecule has 5 amide bonds. The van der Waals surface area contributed by atoms with Crippen molar-refractivity contribution in [2.75, 3.05) is 26.4 Å². The number of ether oxygens (including phenoxy) is 12. The highest BCUT2D eigenvalue weighted by atomic mass is 31.2. The molecule has 0 aromatic heterocycles. The molecule has 0 spiro atoms. The number of allylic oxidation sites excluding steroid dienone is 10. The number of hydrogen-bond donors (Lipinski definition) is 17. The number of Topliss-reactive ketones (excluding diaryl/α,β-unsaturated/α-hetero) is 1. The molecule has 5 aliphatic heterocycles. The van der Waals surface area contributed by atoms with Crippen molar-refractivity contribution < 1.29 is 171 Å². The number of primary amides is 2. The molecule has 112 heavy (non-hydrogen) atoms. The Bertz CT molecular complexity index is 3370. The Balaban J connectivity index is 0.0000108. The largest absolute Gasteiger partial charge is 0.510 e. The van der Waals surface area contributed by atoms with Crippen molar-refractivity contribution >= 4 is 58.2 Å². The predicted octanol–water partition coefficient (Wildman–Crippen LogP) is -0.979. The molecule has 639 valence electrons. The van der Waals surface area contributed by atoms with E-state index in [1.165, 1.54) is 18.1 Å². The van der Waals surface area contributed by atoms with Crippen molar-refractivity contribution in [3.05, 3.63) is 70.7 Å². The monoisotopic (exact) mass is 1630 g/mol. The summed E-state index contributed by atoms with van der Waals surface area (Å²) in [5, 5.41) is 129. The van der Waals surface area contributed by atoms with Crippen LogP contribution in [-0.4, -0.2) is 291 Å². The minimum absolute atomic E-state index is 0. The van der Waals surface area contributed by atoms with Crippen LogP contribution in [0.15, 0.2) is 70.7 Å². The second-order valence-electron chi connectivity index (χ2n) is 28.8. The fraction of sp³-hybridized carbons (Fsp3) is 0.729. The van der Waals surface area contributed by atoms with E-state index in [1.54, 1.807) is 6.08 Å². The van der Waals surface area contributed by atoms with Gasteiger partial charge in [-0.1, -0.05) is 80.5 Å². The second-order valence-corrected chi connectivity index (χ2v) is 30.1. The molecule has 26 atom stereocenters.